The van der Waals surface area contributed by atoms with Crippen LogP contribution in [-0.4, -0.2) is 28.5 Å². The summed E-state index contributed by atoms with van der Waals surface area (Å²) in [5, 5.41) is 29.9. The maximum Gasteiger partial charge on any atom is 0.312 e. The zero-order valence-electron chi connectivity index (χ0n) is 13.1. The highest BCUT2D eigenvalue weighted by Crippen LogP contribution is 2.32. The largest absolute Gasteiger partial charge is 0.502 e. The predicted molar refractivity (Wildman–Crippen MR) is 99.6 cm³/mol. The van der Waals surface area contributed by atoms with Crippen molar-refractivity contribution in [2.24, 2.45) is 4.99 Å². The lowest BCUT2D eigenvalue weighted by atomic mass is 10.1. The Bertz CT molecular complexity index is 850. The van der Waals surface area contributed by atoms with Crippen molar-refractivity contribution in [2.45, 2.75) is 5.75 Å². The van der Waals surface area contributed by atoms with Crippen molar-refractivity contribution < 1.29 is 10.0 Å². The summed E-state index contributed by atoms with van der Waals surface area (Å²) in [5.74, 6) is 0.959. The number of thioether (sulfide) groups is 1. The summed E-state index contributed by atoms with van der Waals surface area (Å²) >= 11 is 7.44. The maximum absolute atomic E-state index is 10.8. The van der Waals surface area contributed by atoms with E-state index in [1.807, 2.05) is 18.2 Å². The van der Waals surface area contributed by atoms with Gasteiger partial charge in [-0.05, 0) is 17.7 Å². The van der Waals surface area contributed by atoms with E-state index >= 15 is 0 Å². The number of hydrogen-bond donors (Lipinski definition) is 1. The van der Waals surface area contributed by atoms with E-state index < -0.39 is 16.4 Å². The predicted octanol–water partition coefficient (Wildman–Crippen LogP) is 4.18. The van der Waals surface area contributed by atoms with Gasteiger partial charge >= 0.3 is 5.69 Å². The minimum atomic E-state index is -0.693. The average molecular weight is 376 g/mol. The van der Waals surface area contributed by atoms with Gasteiger partial charge in [0.1, 0.15) is 0 Å². The van der Waals surface area contributed by atoms with Crippen LogP contribution >= 0.6 is 23.4 Å². The van der Waals surface area contributed by atoms with Crippen LogP contribution in [0.4, 0.5) is 5.69 Å². The number of nitriles is 1. The number of nitro groups is 1. The Kier molecular flexibility index (Phi) is 6.81. The van der Waals surface area contributed by atoms with Crippen molar-refractivity contribution >= 4 is 35.3 Å². The molecular formula is C17H14ClN3O3S. The Morgan fingerprint density at radius 2 is 2.16 bits per heavy atom. The Balaban J connectivity index is 1.90. The molecule has 0 aromatic heterocycles. The van der Waals surface area contributed by atoms with Crippen molar-refractivity contribution in [3.63, 3.8) is 0 Å². The Hall–Kier alpha value is -2.56. The van der Waals surface area contributed by atoms with Gasteiger partial charge in [-0.25, -0.2) is 0 Å². The van der Waals surface area contributed by atoms with Crippen LogP contribution in [-0.2, 0) is 5.75 Å². The van der Waals surface area contributed by atoms with Crippen molar-refractivity contribution in [3.05, 3.63) is 68.2 Å². The fraction of sp³-hybridized carbons (Fsp3) is 0.176. The lowest BCUT2D eigenvalue weighted by molar-refractivity contribution is -0.385. The standard InChI is InChI=1S/C17H14ClN3O3S/c18-15-7-14(17(22)16(8-15)21(23)24)10-20-5-6-25-11-13-4-2-1-3-12(13)9-19/h1-4,7-8,10,22H,5-6,11H2. The van der Waals surface area contributed by atoms with E-state index in [1.54, 1.807) is 17.8 Å². The Morgan fingerprint density at radius 3 is 2.88 bits per heavy atom. The molecule has 0 aliphatic heterocycles. The summed E-state index contributed by atoms with van der Waals surface area (Å²) < 4.78 is 0. The first-order valence-corrected chi connectivity index (χ1v) is 8.78. The van der Waals surface area contributed by atoms with Crippen LogP contribution in [0.3, 0.4) is 0 Å². The second-order valence-electron chi connectivity index (χ2n) is 4.98. The number of nitro benzene ring substituents is 1. The summed E-state index contributed by atoms with van der Waals surface area (Å²) in [4.78, 5) is 14.3. The van der Waals surface area contributed by atoms with Gasteiger partial charge in [0.15, 0.2) is 0 Å². The van der Waals surface area contributed by atoms with Crippen molar-refractivity contribution in [2.75, 3.05) is 12.3 Å². The van der Waals surface area contributed by atoms with Crippen LogP contribution in [0.1, 0.15) is 16.7 Å². The molecule has 128 valence electrons. The molecule has 1 N–H and O–H groups in total. The quantitative estimate of drug-likeness (QED) is 0.338. The molecule has 0 radical (unpaired) electrons. The molecule has 0 atom stereocenters. The minimum absolute atomic E-state index is 0.161. The number of rotatable bonds is 7. The molecule has 0 amide bonds. The summed E-state index contributed by atoms with van der Waals surface area (Å²) in [6.07, 6.45) is 1.37. The van der Waals surface area contributed by atoms with Crippen molar-refractivity contribution in [3.8, 4) is 11.8 Å². The van der Waals surface area contributed by atoms with Crippen LogP contribution in [0, 0.1) is 21.4 Å². The van der Waals surface area contributed by atoms with E-state index in [9.17, 15) is 15.2 Å². The third kappa shape index (κ3) is 5.21. The van der Waals surface area contributed by atoms with Crippen LogP contribution in [0.25, 0.3) is 0 Å². The highest BCUT2D eigenvalue weighted by atomic mass is 35.5. The molecule has 0 saturated heterocycles. The van der Waals surface area contributed by atoms with Gasteiger partial charge in [-0.2, -0.15) is 17.0 Å². The van der Waals surface area contributed by atoms with Crippen LogP contribution in [0.5, 0.6) is 5.75 Å². The van der Waals surface area contributed by atoms with Gasteiger partial charge in [0, 0.05) is 40.9 Å². The number of phenolic OH excluding ortho intramolecular Hbond substituents is 1. The van der Waals surface area contributed by atoms with Crippen molar-refractivity contribution in [1.29, 1.82) is 5.26 Å². The SMILES string of the molecule is N#Cc1ccccc1CSCCN=Cc1cc(Cl)cc([N+](=O)[O-])c1O. The number of hydrogen-bond acceptors (Lipinski definition) is 6. The van der Waals surface area contributed by atoms with Gasteiger partial charge in [-0.1, -0.05) is 29.8 Å². The van der Waals surface area contributed by atoms with Crippen LogP contribution in [0.15, 0.2) is 41.4 Å². The van der Waals surface area contributed by atoms with Crippen LogP contribution < -0.4 is 0 Å². The molecule has 0 saturated carbocycles. The summed E-state index contributed by atoms with van der Waals surface area (Å²) in [7, 11) is 0. The minimum Gasteiger partial charge on any atom is -0.502 e. The summed E-state index contributed by atoms with van der Waals surface area (Å²) in [5.41, 5.74) is 1.40. The van der Waals surface area contributed by atoms with E-state index in [-0.39, 0.29) is 10.6 Å². The fourth-order valence-corrected chi connectivity index (χ4v) is 3.13. The lowest BCUT2D eigenvalue weighted by Crippen LogP contribution is -1.94. The average Bonchev–Trinajstić information content (AvgIpc) is 2.60. The van der Waals surface area contributed by atoms with E-state index in [0.29, 0.717) is 23.6 Å². The number of aromatic hydroxyl groups is 1. The second-order valence-corrected chi connectivity index (χ2v) is 6.52. The molecule has 8 heteroatoms. The van der Waals surface area contributed by atoms with E-state index in [0.717, 1.165) is 11.6 Å². The maximum atomic E-state index is 10.8. The Labute approximate surface area is 153 Å². The monoisotopic (exact) mass is 375 g/mol. The van der Waals surface area contributed by atoms with Gasteiger partial charge < -0.3 is 5.11 Å². The van der Waals surface area contributed by atoms with E-state index in [2.05, 4.69) is 11.1 Å². The molecule has 0 aliphatic rings. The first-order valence-electron chi connectivity index (χ1n) is 7.25. The normalized spacial score (nSPS) is 10.7. The molecule has 0 heterocycles. The third-order valence-corrected chi connectivity index (χ3v) is 4.48. The first-order chi connectivity index (χ1) is 12.0. The van der Waals surface area contributed by atoms with Crippen LogP contribution in [0.2, 0.25) is 5.02 Å². The highest BCUT2D eigenvalue weighted by molar-refractivity contribution is 7.98. The third-order valence-electron chi connectivity index (χ3n) is 3.27. The summed E-state index contributed by atoms with van der Waals surface area (Å²) in [6, 6.07) is 12.1. The number of nitrogens with zero attached hydrogens (tertiary/aromatic N) is 3. The molecule has 2 aromatic carbocycles. The molecule has 0 spiro atoms. The molecule has 6 nitrogen and oxygen atoms in total. The molecule has 0 unspecified atom stereocenters. The zero-order valence-corrected chi connectivity index (χ0v) is 14.6. The van der Waals surface area contributed by atoms with Gasteiger partial charge in [0.25, 0.3) is 0 Å². The van der Waals surface area contributed by atoms with E-state index in [1.165, 1.54) is 12.3 Å². The number of halogens is 1. The second kappa shape index (κ2) is 9.06. The highest BCUT2D eigenvalue weighted by Gasteiger charge is 2.17. The van der Waals surface area contributed by atoms with Crippen molar-refractivity contribution in [1.82, 2.24) is 0 Å². The van der Waals surface area contributed by atoms with Gasteiger partial charge in [0.2, 0.25) is 5.75 Å². The topological polar surface area (TPSA) is 99.5 Å². The van der Waals surface area contributed by atoms with E-state index in [4.69, 9.17) is 16.9 Å². The fourth-order valence-electron chi connectivity index (χ4n) is 2.06. The summed E-state index contributed by atoms with van der Waals surface area (Å²) in [6.45, 7) is 0.471. The molecule has 0 fully saturated rings. The molecule has 0 aliphatic carbocycles. The number of benzene rings is 2. The lowest BCUT2D eigenvalue weighted by Gasteiger charge is -2.03. The molecule has 25 heavy (non-hydrogen) atoms. The number of phenols is 1. The Morgan fingerprint density at radius 1 is 1.40 bits per heavy atom. The van der Waals surface area contributed by atoms with Gasteiger partial charge in [-0.3, -0.25) is 15.1 Å². The van der Waals surface area contributed by atoms with Gasteiger partial charge in [-0.15, -0.1) is 0 Å². The zero-order chi connectivity index (χ0) is 18.2. The first kappa shape index (κ1) is 18.8. The smallest absolute Gasteiger partial charge is 0.312 e. The van der Waals surface area contributed by atoms with Gasteiger partial charge in [0.05, 0.1) is 16.6 Å². The molecule has 0 bridgehead atoms. The number of aliphatic imine (C=N–C) groups is 1. The molecule has 2 rings (SSSR count). The molecule has 2 aromatic rings. The molecular weight excluding hydrogens is 362 g/mol.